The topological polar surface area (TPSA) is 0 Å². The summed E-state index contributed by atoms with van der Waals surface area (Å²) in [4.78, 5) is 0. The predicted octanol–water partition coefficient (Wildman–Crippen LogP) is 9.20. The van der Waals surface area contributed by atoms with E-state index in [4.69, 9.17) is 0 Å². The zero-order valence-corrected chi connectivity index (χ0v) is 20.3. The van der Waals surface area contributed by atoms with Gasteiger partial charge in [0, 0.05) is 0 Å². The molecule has 0 saturated heterocycles. The van der Waals surface area contributed by atoms with Crippen molar-refractivity contribution < 1.29 is 0 Å². The van der Waals surface area contributed by atoms with Crippen molar-refractivity contribution in [2.75, 3.05) is 0 Å². The molecular weight excluding hydrogens is 420 g/mol. The van der Waals surface area contributed by atoms with Crippen LogP contribution in [0.3, 0.4) is 0 Å². The smallest absolute Gasteiger partial charge is 0.00191 e. The number of benzene rings is 5. The van der Waals surface area contributed by atoms with Crippen LogP contribution >= 0.6 is 0 Å². The van der Waals surface area contributed by atoms with Gasteiger partial charge in [-0.05, 0) is 93.3 Å². The monoisotopic (exact) mass is 448 g/mol. The molecule has 0 aliphatic heterocycles. The van der Waals surface area contributed by atoms with Crippen molar-refractivity contribution in [1.82, 2.24) is 0 Å². The Morgan fingerprint density at radius 2 is 1.20 bits per heavy atom. The van der Waals surface area contributed by atoms with Gasteiger partial charge in [0.2, 0.25) is 0 Å². The van der Waals surface area contributed by atoms with Gasteiger partial charge in [0.1, 0.15) is 0 Å². The quantitative estimate of drug-likeness (QED) is 0.258. The van der Waals surface area contributed by atoms with Gasteiger partial charge in [-0.25, -0.2) is 0 Å². The Bertz CT molecular complexity index is 1620. The minimum atomic E-state index is 0.869. The van der Waals surface area contributed by atoms with E-state index in [1.807, 2.05) is 0 Å². The molecule has 35 heavy (non-hydrogen) atoms. The average Bonchev–Trinajstić information content (AvgIpc) is 2.88. The molecule has 0 radical (unpaired) electrons. The summed E-state index contributed by atoms with van der Waals surface area (Å²) in [5.74, 6) is 0. The van der Waals surface area contributed by atoms with Gasteiger partial charge in [-0.1, -0.05) is 115 Å². The Kier molecular flexibility index (Phi) is 5.23. The van der Waals surface area contributed by atoms with Gasteiger partial charge in [0.15, 0.2) is 0 Å². The van der Waals surface area contributed by atoms with E-state index in [9.17, 15) is 0 Å². The Hall–Kier alpha value is -4.16. The minimum absolute atomic E-state index is 0.869. The lowest BCUT2D eigenvalue weighted by Crippen LogP contribution is -2.09. The zero-order valence-electron chi connectivity index (χ0n) is 20.3. The Morgan fingerprint density at radius 1 is 0.543 bits per heavy atom. The highest BCUT2D eigenvalue weighted by atomic mass is 14.3. The van der Waals surface area contributed by atoms with Gasteiger partial charge in [-0.3, -0.25) is 0 Å². The molecule has 0 heterocycles. The van der Waals surface area contributed by atoms with Gasteiger partial charge in [-0.2, -0.15) is 0 Å². The van der Waals surface area contributed by atoms with Crippen LogP contribution in [-0.4, -0.2) is 0 Å². The maximum Gasteiger partial charge on any atom is -0.00191 e. The van der Waals surface area contributed by atoms with E-state index in [-0.39, 0.29) is 0 Å². The summed E-state index contributed by atoms with van der Waals surface area (Å²) >= 11 is 0. The van der Waals surface area contributed by atoms with Crippen molar-refractivity contribution in [2.45, 2.75) is 20.3 Å². The summed E-state index contributed by atoms with van der Waals surface area (Å²) in [7, 11) is 0. The van der Waals surface area contributed by atoms with E-state index in [0.29, 0.717) is 0 Å². The van der Waals surface area contributed by atoms with Crippen LogP contribution in [0.2, 0.25) is 0 Å². The molecule has 6 rings (SSSR count). The van der Waals surface area contributed by atoms with Crippen LogP contribution in [-0.2, 0) is 6.42 Å². The fraction of sp³-hybridized carbons (Fsp3) is 0.0857. The average molecular weight is 449 g/mol. The number of fused-ring (bicyclic) bond motifs is 2. The van der Waals surface area contributed by atoms with Gasteiger partial charge in [0.05, 0.1) is 0 Å². The molecule has 5 aromatic rings. The van der Waals surface area contributed by atoms with Crippen LogP contribution in [0.25, 0.3) is 33.0 Å². The first-order valence-electron chi connectivity index (χ1n) is 12.3. The number of hydrogen-bond donors (Lipinski definition) is 0. The van der Waals surface area contributed by atoms with E-state index in [1.165, 1.54) is 72.0 Å². The molecular formula is C35H28. The van der Waals surface area contributed by atoms with Crippen molar-refractivity contribution in [3.63, 3.8) is 0 Å². The van der Waals surface area contributed by atoms with Crippen LogP contribution in [0.1, 0.15) is 33.4 Å². The molecule has 0 heteroatoms. The van der Waals surface area contributed by atoms with Crippen molar-refractivity contribution in [2.24, 2.45) is 0 Å². The fourth-order valence-electron chi connectivity index (χ4n) is 5.43. The lowest BCUT2D eigenvalue weighted by molar-refractivity contribution is 1.17. The van der Waals surface area contributed by atoms with Crippen LogP contribution in [0.15, 0.2) is 121 Å². The maximum atomic E-state index is 4.61. The highest BCUT2D eigenvalue weighted by Gasteiger charge is 2.25. The second kappa shape index (κ2) is 8.56. The molecule has 0 fully saturated rings. The SMILES string of the molecule is C=C1Cc2ccc(C)cc2C(c2ccccc2)=C1c1cc(-c2ccccc2)c2cc(C)ccc2c1. The molecule has 0 aromatic heterocycles. The third kappa shape index (κ3) is 3.82. The van der Waals surface area contributed by atoms with Crippen LogP contribution in [0.4, 0.5) is 0 Å². The largest absolute Gasteiger partial charge is 0.0949 e. The second-order valence-corrected chi connectivity index (χ2v) is 9.67. The van der Waals surface area contributed by atoms with E-state index in [1.54, 1.807) is 0 Å². The van der Waals surface area contributed by atoms with E-state index >= 15 is 0 Å². The van der Waals surface area contributed by atoms with Gasteiger partial charge in [-0.15, -0.1) is 0 Å². The van der Waals surface area contributed by atoms with Crippen molar-refractivity contribution >= 4 is 21.9 Å². The third-order valence-electron chi connectivity index (χ3n) is 7.09. The van der Waals surface area contributed by atoms with Gasteiger partial charge in [0.25, 0.3) is 0 Å². The third-order valence-corrected chi connectivity index (χ3v) is 7.09. The van der Waals surface area contributed by atoms with Crippen molar-refractivity contribution in [3.8, 4) is 11.1 Å². The Balaban J connectivity index is 1.71. The molecule has 0 atom stereocenters. The summed E-state index contributed by atoms with van der Waals surface area (Å²) in [5.41, 5.74) is 13.9. The summed E-state index contributed by atoms with van der Waals surface area (Å²) < 4.78 is 0. The van der Waals surface area contributed by atoms with E-state index in [2.05, 4.69) is 130 Å². The van der Waals surface area contributed by atoms with E-state index in [0.717, 1.165) is 6.42 Å². The fourth-order valence-corrected chi connectivity index (χ4v) is 5.43. The Labute approximate surface area is 207 Å². The van der Waals surface area contributed by atoms with E-state index < -0.39 is 0 Å². The highest BCUT2D eigenvalue weighted by molar-refractivity contribution is 6.09. The molecule has 0 bridgehead atoms. The lowest BCUT2D eigenvalue weighted by Gasteiger charge is -2.27. The first kappa shape index (κ1) is 21.4. The number of allylic oxidation sites excluding steroid dienone is 2. The number of rotatable bonds is 3. The van der Waals surface area contributed by atoms with Crippen molar-refractivity contribution in [1.29, 1.82) is 0 Å². The lowest BCUT2D eigenvalue weighted by atomic mass is 9.76. The molecule has 0 nitrogen and oxygen atoms in total. The van der Waals surface area contributed by atoms with Gasteiger partial charge < -0.3 is 0 Å². The van der Waals surface area contributed by atoms with Crippen LogP contribution < -0.4 is 0 Å². The van der Waals surface area contributed by atoms with Gasteiger partial charge >= 0.3 is 0 Å². The summed E-state index contributed by atoms with van der Waals surface area (Å²) in [6, 6.07) is 39.9. The normalized spacial score (nSPS) is 13.3. The molecule has 0 N–H and O–H groups in total. The molecule has 168 valence electrons. The molecule has 0 unspecified atom stereocenters. The molecule has 0 saturated carbocycles. The molecule has 1 aliphatic carbocycles. The van der Waals surface area contributed by atoms with Crippen LogP contribution in [0, 0.1) is 13.8 Å². The second-order valence-electron chi connectivity index (χ2n) is 9.67. The minimum Gasteiger partial charge on any atom is -0.0949 e. The molecule has 0 spiro atoms. The first-order chi connectivity index (χ1) is 17.1. The molecule has 1 aliphatic rings. The Morgan fingerprint density at radius 3 is 1.94 bits per heavy atom. The molecule has 0 amide bonds. The maximum absolute atomic E-state index is 4.61. The number of aryl methyl sites for hydroxylation is 2. The number of hydrogen-bond acceptors (Lipinski definition) is 0. The van der Waals surface area contributed by atoms with Crippen LogP contribution in [0.5, 0.6) is 0 Å². The summed E-state index contributed by atoms with van der Waals surface area (Å²) in [5, 5.41) is 2.55. The highest BCUT2D eigenvalue weighted by Crippen LogP contribution is 2.45. The molecule has 5 aromatic carbocycles. The standard InChI is InChI=1S/C35H28/c1-23-15-17-29-21-30(22-32(31(29)18-23)26-10-6-4-7-11-26)34-25(3)20-28-16-14-24(2)19-33(28)35(34)27-12-8-5-9-13-27/h4-19,21-22H,3,20H2,1-2H3. The first-order valence-corrected chi connectivity index (χ1v) is 12.3. The summed E-state index contributed by atoms with van der Waals surface area (Å²) in [6.07, 6.45) is 0.869. The van der Waals surface area contributed by atoms with Crippen molar-refractivity contribution in [3.05, 3.63) is 155 Å². The predicted molar refractivity (Wildman–Crippen MR) is 151 cm³/mol. The zero-order chi connectivity index (χ0) is 23.9. The summed E-state index contributed by atoms with van der Waals surface area (Å²) in [6.45, 7) is 8.95.